The maximum absolute atomic E-state index is 12.6. The molecule has 5 aromatic rings. The van der Waals surface area contributed by atoms with Crippen LogP contribution in [0.2, 0.25) is 0 Å². The van der Waals surface area contributed by atoms with E-state index in [1.807, 2.05) is 54.6 Å². The fourth-order valence-corrected chi connectivity index (χ4v) is 3.73. The number of ether oxygens (including phenoxy) is 2. The third-order valence-electron chi connectivity index (χ3n) is 5.48. The second-order valence-electron chi connectivity index (χ2n) is 7.74. The van der Waals surface area contributed by atoms with Crippen LogP contribution in [0, 0.1) is 0 Å². The number of hydrogen-bond donors (Lipinski definition) is 1. The molecule has 0 saturated carbocycles. The number of carbonyl (C=O) groups excluding carboxylic acids is 1. The van der Waals surface area contributed by atoms with Crippen molar-refractivity contribution in [1.29, 1.82) is 0 Å². The van der Waals surface area contributed by atoms with Gasteiger partial charge < -0.3 is 14.8 Å². The maximum atomic E-state index is 12.6. The number of fused-ring (bicyclic) bond motifs is 1. The summed E-state index contributed by atoms with van der Waals surface area (Å²) >= 11 is 0. The molecule has 1 amide bonds. The summed E-state index contributed by atoms with van der Waals surface area (Å²) in [4.78, 5) is 16.6. The minimum Gasteiger partial charge on any atom is -0.493 e. The van der Waals surface area contributed by atoms with Crippen LogP contribution in [0.4, 0.5) is 5.69 Å². The Morgan fingerprint density at radius 1 is 0.857 bits per heavy atom. The smallest absolute Gasteiger partial charge is 0.228 e. The fraction of sp³-hybridized carbons (Fsp3) is 0.115. The van der Waals surface area contributed by atoms with E-state index < -0.39 is 0 Å². The van der Waals surface area contributed by atoms with E-state index >= 15 is 0 Å². The average molecular weight is 467 g/mol. The van der Waals surface area contributed by atoms with Crippen LogP contribution >= 0.6 is 0 Å². The monoisotopic (exact) mass is 466 g/mol. The van der Waals surface area contributed by atoms with Crippen molar-refractivity contribution in [2.24, 2.45) is 0 Å². The van der Waals surface area contributed by atoms with Gasteiger partial charge in [-0.3, -0.25) is 9.78 Å². The van der Waals surface area contributed by atoms with E-state index in [1.54, 1.807) is 43.3 Å². The Hall–Kier alpha value is -4.79. The van der Waals surface area contributed by atoms with Crippen molar-refractivity contribution in [2.45, 2.75) is 6.42 Å². The van der Waals surface area contributed by atoms with Crippen molar-refractivity contribution < 1.29 is 14.3 Å². The summed E-state index contributed by atoms with van der Waals surface area (Å²) in [6, 6.07) is 20.5. The molecule has 0 atom stereocenters. The lowest BCUT2D eigenvalue weighted by atomic mass is 10.1. The highest BCUT2D eigenvalue weighted by atomic mass is 16.5. The third-order valence-corrected chi connectivity index (χ3v) is 5.48. The summed E-state index contributed by atoms with van der Waals surface area (Å²) in [6.07, 6.45) is 3.63. The van der Waals surface area contributed by atoms with Gasteiger partial charge in [0.25, 0.3) is 0 Å². The Kier molecular flexibility index (Phi) is 6.04. The van der Waals surface area contributed by atoms with Gasteiger partial charge in [-0.1, -0.05) is 18.2 Å². The van der Waals surface area contributed by atoms with E-state index in [9.17, 15) is 4.79 Å². The molecule has 0 bridgehead atoms. The number of nitrogens with zero attached hydrogens (tertiary/aromatic N) is 5. The van der Waals surface area contributed by atoms with Crippen LogP contribution in [-0.2, 0) is 11.2 Å². The van der Waals surface area contributed by atoms with Crippen molar-refractivity contribution in [3.8, 4) is 34.1 Å². The summed E-state index contributed by atoms with van der Waals surface area (Å²) in [7, 11) is 3.15. The molecule has 9 nitrogen and oxygen atoms in total. The molecule has 3 aromatic heterocycles. The molecule has 0 aliphatic rings. The normalized spacial score (nSPS) is 10.8. The Labute approximate surface area is 201 Å². The topological polar surface area (TPSA) is 104 Å². The second kappa shape index (κ2) is 9.60. The molecule has 9 heteroatoms. The summed E-state index contributed by atoms with van der Waals surface area (Å²) in [5.74, 6) is 1.73. The quantitative estimate of drug-likeness (QED) is 0.386. The van der Waals surface area contributed by atoms with Gasteiger partial charge in [-0.05, 0) is 54.1 Å². The van der Waals surface area contributed by atoms with E-state index in [0.29, 0.717) is 28.7 Å². The standard InChI is InChI=1S/C26H22N6O3/c1-34-22-9-3-17(15-23(22)35-2)16-25(33)28-20-6-4-18(5-7-20)21-8-10-24-29-30-26(32(24)31-21)19-11-13-27-14-12-19/h3-15H,16H2,1-2H3,(H,28,33). The molecule has 0 radical (unpaired) electrons. The number of amides is 1. The number of benzene rings is 2. The zero-order valence-electron chi connectivity index (χ0n) is 19.2. The van der Waals surface area contributed by atoms with Gasteiger partial charge >= 0.3 is 0 Å². The van der Waals surface area contributed by atoms with Crippen molar-refractivity contribution in [3.05, 3.63) is 84.7 Å². The zero-order valence-corrected chi connectivity index (χ0v) is 19.2. The molecule has 174 valence electrons. The number of aromatic nitrogens is 5. The Bertz CT molecular complexity index is 1480. The third kappa shape index (κ3) is 4.65. The van der Waals surface area contributed by atoms with Gasteiger partial charge in [0, 0.05) is 29.2 Å². The van der Waals surface area contributed by atoms with Gasteiger partial charge in [0.1, 0.15) is 0 Å². The lowest BCUT2D eigenvalue weighted by molar-refractivity contribution is -0.115. The summed E-state index contributed by atoms with van der Waals surface area (Å²) in [6.45, 7) is 0. The number of anilines is 1. The molecule has 5 rings (SSSR count). The number of methoxy groups -OCH3 is 2. The van der Waals surface area contributed by atoms with E-state index in [-0.39, 0.29) is 12.3 Å². The minimum absolute atomic E-state index is 0.129. The second-order valence-corrected chi connectivity index (χ2v) is 7.74. The van der Waals surface area contributed by atoms with E-state index in [4.69, 9.17) is 14.6 Å². The SMILES string of the molecule is COc1ccc(CC(=O)Nc2ccc(-c3ccc4nnc(-c5ccncc5)n4n3)cc2)cc1OC. The van der Waals surface area contributed by atoms with Crippen LogP contribution in [0.15, 0.2) is 79.1 Å². The van der Waals surface area contributed by atoms with Crippen molar-refractivity contribution in [2.75, 3.05) is 19.5 Å². The van der Waals surface area contributed by atoms with Crippen molar-refractivity contribution in [1.82, 2.24) is 24.8 Å². The predicted molar refractivity (Wildman–Crippen MR) is 131 cm³/mol. The van der Waals surface area contributed by atoms with Crippen LogP contribution in [-0.4, -0.2) is 44.9 Å². The summed E-state index contributed by atoms with van der Waals surface area (Å²) < 4.78 is 12.3. The number of pyridine rings is 1. The van der Waals surface area contributed by atoms with Crippen LogP contribution in [0.5, 0.6) is 11.5 Å². The highest BCUT2D eigenvalue weighted by Crippen LogP contribution is 2.28. The van der Waals surface area contributed by atoms with Crippen molar-refractivity contribution >= 4 is 17.2 Å². The first-order chi connectivity index (χ1) is 17.1. The average Bonchev–Trinajstić information content (AvgIpc) is 3.33. The van der Waals surface area contributed by atoms with E-state index in [2.05, 4.69) is 20.5 Å². The molecular weight excluding hydrogens is 444 g/mol. The van der Waals surface area contributed by atoms with Crippen LogP contribution in [0.25, 0.3) is 28.3 Å². The maximum Gasteiger partial charge on any atom is 0.228 e. The van der Waals surface area contributed by atoms with E-state index in [1.165, 1.54) is 0 Å². The zero-order chi connectivity index (χ0) is 24.2. The largest absolute Gasteiger partial charge is 0.493 e. The first kappa shape index (κ1) is 22.0. The number of hydrogen-bond acceptors (Lipinski definition) is 7. The number of carbonyl (C=O) groups is 1. The molecular formula is C26H22N6O3. The molecule has 35 heavy (non-hydrogen) atoms. The molecule has 0 spiro atoms. The van der Waals surface area contributed by atoms with Crippen LogP contribution in [0.1, 0.15) is 5.56 Å². The van der Waals surface area contributed by atoms with Crippen LogP contribution in [0.3, 0.4) is 0 Å². The first-order valence-electron chi connectivity index (χ1n) is 10.9. The molecule has 3 heterocycles. The van der Waals surface area contributed by atoms with Crippen molar-refractivity contribution in [3.63, 3.8) is 0 Å². The van der Waals surface area contributed by atoms with Gasteiger partial charge in [0.15, 0.2) is 23.0 Å². The Morgan fingerprint density at radius 2 is 1.63 bits per heavy atom. The number of rotatable bonds is 7. The highest BCUT2D eigenvalue weighted by molar-refractivity contribution is 5.92. The summed E-state index contributed by atoms with van der Waals surface area (Å²) in [5.41, 5.74) is 4.72. The first-order valence-corrected chi connectivity index (χ1v) is 10.9. The molecule has 1 N–H and O–H groups in total. The van der Waals surface area contributed by atoms with Gasteiger partial charge in [0.2, 0.25) is 5.91 Å². The molecule has 0 aliphatic heterocycles. The number of nitrogens with one attached hydrogen (secondary N) is 1. The molecule has 0 unspecified atom stereocenters. The van der Waals surface area contributed by atoms with Gasteiger partial charge in [0.05, 0.1) is 26.3 Å². The molecule has 0 fully saturated rings. The lowest BCUT2D eigenvalue weighted by Gasteiger charge is -2.10. The minimum atomic E-state index is -0.129. The fourth-order valence-electron chi connectivity index (χ4n) is 3.73. The highest BCUT2D eigenvalue weighted by Gasteiger charge is 2.12. The Balaban J connectivity index is 1.31. The molecule has 2 aromatic carbocycles. The van der Waals surface area contributed by atoms with Gasteiger partial charge in [-0.2, -0.15) is 9.61 Å². The predicted octanol–water partition coefficient (Wildman–Crippen LogP) is 4.05. The van der Waals surface area contributed by atoms with E-state index in [0.717, 1.165) is 22.4 Å². The lowest BCUT2D eigenvalue weighted by Crippen LogP contribution is -2.14. The van der Waals surface area contributed by atoms with Gasteiger partial charge in [-0.25, -0.2) is 0 Å². The van der Waals surface area contributed by atoms with Crippen LogP contribution < -0.4 is 14.8 Å². The van der Waals surface area contributed by atoms with Gasteiger partial charge in [-0.15, -0.1) is 10.2 Å². The molecule has 0 aliphatic carbocycles. The molecule has 0 saturated heterocycles. The Morgan fingerprint density at radius 3 is 2.37 bits per heavy atom. The summed E-state index contributed by atoms with van der Waals surface area (Å²) in [5, 5.41) is 16.1.